The van der Waals surface area contributed by atoms with Crippen LogP contribution in [0.4, 0.5) is 0 Å². The van der Waals surface area contributed by atoms with E-state index in [2.05, 4.69) is 0 Å². The van der Waals surface area contributed by atoms with Crippen LogP contribution in [0.3, 0.4) is 0 Å². The van der Waals surface area contributed by atoms with Crippen molar-refractivity contribution < 1.29 is 34.6 Å². The Morgan fingerprint density at radius 3 is 2.16 bits per heavy atom. The Labute approximate surface area is 111 Å². The standard InChI is InChI=1S/C12H22O7/c1-5-11(16)7(13)4-10(18-5)19-12-6(2)17-9(15)3-8(12)14/h5-16H,3-4H2,1-2H3/t5-,6-,7-,8-,9+,10-,11+,12+/m0/s1. The Balaban J connectivity index is 1.93. The van der Waals surface area contributed by atoms with E-state index >= 15 is 0 Å². The summed E-state index contributed by atoms with van der Waals surface area (Å²) in [6.07, 6.45) is -5.89. The SMILES string of the molecule is C[C@@H]1O[C@@H](O[C@@H]2[C@H](C)O[C@@H](O)C[C@@H]2O)C[C@H](O)[C@@H]1O. The van der Waals surface area contributed by atoms with Crippen LogP contribution in [0.5, 0.6) is 0 Å². The number of rotatable bonds is 2. The van der Waals surface area contributed by atoms with Crippen LogP contribution in [0.2, 0.25) is 0 Å². The zero-order chi connectivity index (χ0) is 14.2. The van der Waals surface area contributed by atoms with Gasteiger partial charge in [-0.25, -0.2) is 0 Å². The van der Waals surface area contributed by atoms with Crippen molar-refractivity contribution >= 4 is 0 Å². The number of aliphatic hydroxyl groups excluding tert-OH is 4. The van der Waals surface area contributed by atoms with Gasteiger partial charge in [0.2, 0.25) is 0 Å². The topological polar surface area (TPSA) is 109 Å². The average molecular weight is 278 g/mol. The molecule has 0 radical (unpaired) electrons. The summed E-state index contributed by atoms with van der Waals surface area (Å²) in [5, 5.41) is 38.5. The Bertz CT molecular complexity index is 276. The van der Waals surface area contributed by atoms with Crippen molar-refractivity contribution in [2.24, 2.45) is 0 Å². The first kappa shape index (κ1) is 15.1. The molecule has 19 heavy (non-hydrogen) atoms. The molecule has 2 fully saturated rings. The quantitative estimate of drug-likeness (QED) is 0.498. The second kappa shape index (κ2) is 6.01. The van der Waals surface area contributed by atoms with Gasteiger partial charge < -0.3 is 34.6 Å². The highest BCUT2D eigenvalue weighted by Gasteiger charge is 2.41. The van der Waals surface area contributed by atoms with E-state index in [0.717, 1.165) is 0 Å². The summed E-state index contributed by atoms with van der Waals surface area (Å²) >= 11 is 0. The maximum absolute atomic E-state index is 9.89. The van der Waals surface area contributed by atoms with Gasteiger partial charge in [0.05, 0.1) is 24.4 Å². The summed E-state index contributed by atoms with van der Waals surface area (Å²) in [7, 11) is 0. The molecule has 0 saturated carbocycles. The Hall–Kier alpha value is -0.280. The molecule has 0 spiro atoms. The van der Waals surface area contributed by atoms with E-state index in [-0.39, 0.29) is 12.8 Å². The highest BCUT2D eigenvalue weighted by atomic mass is 16.7. The van der Waals surface area contributed by atoms with Gasteiger partial charge in [-0.2, -0.15) is 0 Å². The number of hydrogen-bond donors (Lipinski definition) is 4. The molecule has 7 heteroatoms. The van der Waals surface area contributed by atoms with E-state index in [1.807, 2.05) is 0 Å². The molecule has 0 amide bonds. The maximum Gasteiger partial charge on any atom is 0.161 e. The zero-order valence-electron chi connectivity index (χ0n) is 11.0. The van der Waals surface area contributed by atoms with Gasteiger partial charge >= 0.3 is 0 Å². The van der Waals surface area contributed by atoms with Crippen molar-refractivity contribution in [3.05, 3.63) is 0 Å². The summed E-state index contributed by atoms with van der Waals surface area (Å²) < 4.78 is 16.2. The van der Waals surface area contributed by atoms with Crippen molar-refractivity contribution in [2.45, 2.75) is 75.9 Å². The summed E-state index contributed by atoms with van der Waals surface area (Å²) in [4.78, 5) is 0. The normalized spacial score (nSPS) is 52.1. The van der Waals surface area contributed by atoms with Crippen molar-refractivity contribution in [2.75, 3.05) is 0 Å². The minimum atomic E-state index is -0.997. The molecule has 2 aliphatic rings. The Morgan fingerprint density at radius 2 is 1.58 bits per heavy atom. The average Bonchev–Trinajstić information content (AvgIpc) is 2.30. The van der Waals surface area contributed by atoms with Crippen molar-refractivity contribution in [1.29, 1.82) is 0 Å². The Kier molecular flexibility index (Phi) is 4.78. The van der Waals surface area contributed by atoms with Crippen LogP contribution in [0.1, 0.15) is 26.7 Å². The van der Waals surface area contributed by atoms with Crippen molar-refractivity contribution in [1.82, 2.24) is 0 Å². The number of aliphatic hydroxyl groups is 4. The van der Waals surface area contributed by atoms with E-state index in [0.29, 0.717) is 0 Å². The number of ether oxygens (including phenoxy) is 3. The minimum Gasteiger partial charge on any atom is -0.390 e. The molecule has 2 saturated heterocycles. The van der Waals surface area contributed by atoms with Gasteiger partial charge in [-0.1, -0.05) is 0 Å². The lowest BCUT2D eigenvalue weighted by atomic mass is 10.0. The molecule has 0 bridgehead atoms. The zero-order valence-corrected chi connectivity index (χ0v) is 11.0. The summed E-state index contributed by atoms with van der Waals surface area (Å²) in [6, 6.07) is 0. The lowest BCUT2D eigenvalue weighted by Gasteiger charge is -2.41. The Morgan fingerprint density at radius 1 is 0.895 bits per heavy atom. The molecule has 0 aromatic heterocycles. The fourth-order valence-corrected chi connectivity index (χ4v) is 2.52. The van der Waals surface area contributed by atoms with E-state index in [1.54, 1.807) is 13.8 Å². The van der Waals surface area contributed by atoms with E-state index in [1.165, 1.54) is 0 Å². The predicted octanol–water partition coefficient (Wildman–Crippen LogP) is -1.28. The fourth-order valence-electron chi connectivity index (χ4n) is 2.52. The third-order valence-electron chi connectivity index (χ3n) is 3.64. The molecule has 8 atom stereocenters. The first-order chi connectivity index (χ1) is 8.88. The lowest BCUT2D eigenvalue weighted by Crippen LogP contribution is -2.53. The molecular formula is C12H22O7. The molecule has 0 aromatic carbocycles. The second-order valence-electron chi connectivity index (χ2n) is 5.26. The molecule has 0 aliphatic carbocycles. The molecule has 0 unspecified atom stereocenters. The molecule has 7 nitrogen and oxygen atoms in total. The molecular weight excluding hydrogens is 256 g/mol. The van der Waals surface area contributed by atoms with Crippen LogP contribution >= 0.6 is 0 Å². The van der Waals surface area contributed by atoms with Crippen molar-refractivity contribution in [3.63, 3.8) is 0 Å². The van der Waals surface area contributed by atoms with Gasteiger partial charge in [-0.15, -0.1) is 0 Å². The van der Waals surface area contributed by atoms with E-state index in [9.17, 15) is 20.4 Å². The van der Waals surface area contributed by atoms with Gasteiger partial charge in [-0.3, -0.25) is 0 Å². The van der Waals surface area contributed by atoms with Gasteiger partial charge in [0.25, 0.3) is 0 Å². The van der Waals surface area contributed by atoms with E-state index in [4.69, 9.17) is 14.2 Å². The summed E-state index contributed by atoms with van der Waals surface area (Å²) in [5.41, 5.74) is 0. The molecule has 0 aromatic rings. The smallest absolute Gasteiger partial charge is 0.161 e. The van der Waals surface area contributed by atoms with Crippen LogP contribution in [0, 0.1) is 0 Å². The molecule has 2 heterocycles. The molecule has 4 N–H and O–H groups in total. The lowest BCUT2D eigenvalue weighted by molar-refractivity contribution is -0.306. The van der Waals surface area contributed by atoms with Crippen LogP contribution in [-0.2, 0) is 14.2 Å². The van der Waals surface area contributed by atoms with Gasteiger partial charge in [0.15, 0.2) is 12.6 Å². The van der Waals surface area contributed by atoms with E-state index < -0.39 is 49.2 Å². The van der Waals surface area contributed by atoms with Crippen LogP contribution in [0.25, 0.3) is 0 Å². The third kappa shape index (κ3) is 3.43. The van der Waals surface area contributed by atoms with Crippen molar-refractivity contribution in [3.8, 4) is 0 Å². The minimum absolute atomic E-state index is 0.0719. The summed E-state index contributed by atoms with van der Waals surface area (Å²) in [6.45, 7) is 3.33. The monoisotopic (exact) mass is 278 g/mol. The fraction of sp³-hybridized carbons (Fsp3) is 1.00. The third-order valence-corrected chi connectivity index (χ3v) is 3.64. The molecule has 2 aliphatic heterocycles. The largest absolute Gasteiger partial charge is 0.390 e. The van der Waals surface area contributed by atoms with Crippen LogP contribution in [0.15, 0.2) is 0 Å². The highest BCUT2D eigenvalue weighted by molar-refractivity contribution is 4.84. The predicted molar refractivity (Wildman–Crippen MR) is 63.0 cm³/mol. The second-order valence-corrected chi connectivity index (χ2v) is 5.26. The first-order valence-electron chi connectivity index (χ1n) is 6.57. The van der Waals surface area contributed by atoms with Gasteiger partial charge in [-0.05, 0) is 13.8 Å². The van der Waals surface area contributed by atoms with Crippen LogP contribution < -0.4 is 0 Å². The van der Waals surface area contributed by atoms with Gasteiger partial charge in [0, 0.05) is 12.8 Å². The maximum atomic E-state index is 9.89. The number of hydrogen-bond acceptors (Lipinski definition) is 7. The van der Waals surface area contributed by atoms with Crippen LogP contribution in [-0.4, -0.2) is 69.6 Å². The molecule has 2 rings (SSSR count). The first-order valence-corrected chi connectivity index (χ1v) is 6.57. The highest BCUT2D eigenvalue weighted by Crippen LogP contribution is 2.27. The molecule has 112 valence electrons. The van der Waals surface area contributed by atoms with Gasteiger partial charge in [0.1, 0.15) is 12.2 Å². The summed E-state index contributed by atoms with van der Waals surface area (Å²) in [5.74, 6) is 0.